The molecule has 0 aromatic carbocycles. The lowest BCUT2D eigenvalue weighted by molar-refractivity contribution is -0.0552. The van der Waals surface area contributed by atoms with Gasteiger partial charge in [-0.15, -0.1) is 0 Å². The average Bonchev–Trinajstić information content (AvgIpc) is 2.42. The molecule has 0 aliphatic heterocycles. The van der Waals surface area contributed by atoms with Crippen LogP contribution in [-0.4, -0.2) is 5.60 Å². The summed E-state index contributed by atoms with van der Waals surface area (Å²) in [5.74, 6) is 0. The maximum absolute atomic E-state index is 12.8. The van der Waals surface area contributed by atoms with Crippen LogP contribution in [-0.2, 0) is 5.11 Å². The summed E-state index contributed by atoms with van der Waals surface area (Å²) < 4.78 is 0. The first kappa shape index (κ1) is 19.0. The van der Waals surface area contributed by atoms with Crippen LogP contribution in [0.5, 0.6) is 0 Å². The second-order valence-corrected chi connectivity index (χ2v) is 6.26. The molecular formula is C18H37O. The normalized spacial score (nSPS) is 12.0. The number of hydrogen-bond acceptors (Lipinski definition) is 0. The van der Waals surface area contributed by atoms with E-state index in [1.54, 1.807) is 0 Å². The van der Waals surface area contributed by atoms with Crippen molar-refractivity contribution in [3.05, 3.63) is 0 Å². The molecule has 1 nitrogen and oxygen atoms in total. The Hall–Kier alpha value is -0.0400. The Morgan fingerprint density at radius 3 is 1.37 bits per heavy atom. The van der Waals surface area contributed by atoms with Gasteiger partial charge in [0.2, 0.25) is 0 Å². The van der Waals surface area contributed by atoms with Crippen molar-refractivity contribution in [2.45, 2.75) is 116 Å². The van der Waals surface area contributed by atoms with Gasteiger partial charge in [0.05, 0.1) is 0 Å². The van der Waals surface area contributed by atoms with Gasteiger partial charge >= 0.3 is 0 Å². The summed E-state index contributed by atoms with van der Waals surface area (Å²) in [5.41, 5.74) is -0.602. The highest BCUT2D eigenvalue weighted by Gasteiger charge is 2.26. The SMILES string of the molecule is CCCCCCCCCC([O])(CCCC)CCCC. The van der Waals surface area contributed by atoms with E-state index < -0.39 is 5.60 Å². The number of unbranched alkanes of at least 4 members (excludes halogenated alkanes) is 8. The van der Waals surface area contributed by atoms with Crippen molar-refractivity contribution in [3.8, 4) is 0 Å². The molecule has 0 N–H and O–H groups in total. The highest BCUT2D eigenvalue weighted by molar-refractivity contribution is 4.77. The Morgan fingerprint density at radius 1 is 0.526 bits per heavy atom. The van der Waals surface area contributed by atoms with Gasteiger partial charge in [0, 0.05) is 0 Å². The van der Waals surface area contributed by atoms with Gasteiger partial charge in [-0.1, -0.05) is 91.4 Å². The molecule has 0 heterocycles. The van der Waals surface area contributed by atoms with E-state index in [0.29, 0.717) is 0 Å². The van der Waals surface area contributed by atoms with E-state index in [1.807, 2.05) is 0 Å². The molecular weight excluding hydrogens is 232 g/mol. The van der Waals surface area contributed by atoms with Gasteiger partial charge in [-0.25, -0.2) is 5.11 Å². The number of hydrogen-bond donors (Lipinski definition) is 0. The van der Waals surface area contributed by atoms with Crippen molar-refractivity contribution in [1.82, 2.24) is 0 Å². The average molecular weight is 269 g/mol. The fraction of sp³-hybridized carbons (Fsp3) is 1.00. The van der Waals surface area contributed by atoms with Crippen molar-refractivity contribution < 1.29 is 5.11 Å². The van der Waals surface area contributed by atoms with E-state index in [4.69, 9.17) is 0 Å². The third-order valence-corrected chi connectivity index (χ3v) is 4.21. The molecule has 0 amide bonds. The molecule has 0 fully saturated rings. The Bertz CT molecular complexity index is 169. The van der Waals surface area contributed by atoms with E-state index in [0.717, 1.165) is 51.4 Å². The molecule has 0 aliphatic rings. The van der Waals surface area contributed by atoms with Crippen LogP contribution in [0.4, 0.5) is 0 Å². The summed E-state index contributed by atoms with van der Waals surface area (Å²) in [6.45, 7) is 6.63. The van der Waals surface area contributed by atoms with Crippen LogP contribution in [0.2, 0.25) is 0 Å². The molecule has 0 saturated heterocycles. The van der Waals surface area contributed by atoms with Crippen molar-refractivity contribution >= 4 is 0 Å². The molecule has 0 unspecified atom stereocenters. The zero-order chi connectivity index (χ0) is 14.4. The van der Waals surface area contributed by atoms with Crippen molar-refractivity contribution in [3.63, 3.8) is 0 Å². The van der Waals surface area contributed by atoms with Crippen molar-refractivity contribution in [1.29, 1.82) is 0 Å². The third kappa shape index (κ3) is 11.5. The van der Waals surface area contributed by atoms with Gasteiger partial charge in [0.1, 0.15) is 5.60 Å². The molecule has 0 aliphatic carbocycles. The topological polar surface area (TPSA) is 19.9 Å². The van der Waals surface area contributed by atoms with Crippen LogP contribution >= 0.6 is 0 Å². The first-order chi connectivity index (χ1) is 9.18. The van der Waals surface area contributed by atoms with Gasteiger partial charge in [-0.2, -0.15) is 0 Å². The zero-order valence-electron chi connectivity index (χ0n) is 13.8. The summed E-state index contributed by atoms with van der Waals surface area (Å²) in [7, 11) is 0. The van der Waals surface area contributed by atoms with Gasteiger partial charge in [-0.05, 0) is 19.3 Å². The molecule has 1 radical (unpaired) electrons. The summed E-state index contributed by atoms with van der Waals surface area (Å²) in [6, 6.07) is 0. The van der Waals surface area contributed by atoms with E-state index in [1.165, 1.54) is 38.5 Å². The molecule has 0 spiro atoms. The van der Waals surface area contributed by atoms with E-state index in [9.17, 15) is 5.11 Å². The minimum atomic E-state index is -0.602. The summed E-state index contributed by atoms with van der Waals surface area (Å²) in [6.07, 6.45) is 16.5. The maximum atomic E-state index is 12.8. The lowest BCUT2D eigenvalue weighted by Gasteiger charge is -2.25. The van der Waals surface area contributed by atoms with E-state index in [-0.39, 0.29) is 0 Å². The third-order valence-electron chi connectivity index (χ3n) is 4.21. The fourth-order valence-electron chi connectivity index (χ4n) is 2.78. The largest absolute Gasteiger partial charge is 0.229 e. The Balaban J connectivity index is 3.72. The van der Waals surface area contributed by atoms with Crippen LogP contribution in [0.15, 0.2) is 0 Å². The van der Waals surface area contributed by atoms with Crippen LogP contribution in [0.3, 0.4) is 0 Å². The second-order valence-electron chi connectivity index (χ2n) is 6.26. The molecule has 115 valence electrons. The smallest absolute Gasteiger partial charge is 0.104 e. The molecule has 0 rings (SSSR count). The van der Waals surface area contributed by atoms with E-state index in [2.05, 4.69) is 20.8 Å². The Labute approximate surface area is 122 Å². The summed E-state index contributed by atoms with van der Waals surface area (Å²) in [4.78, 5) is 0. The van der Waals surface area contributed by atoms with Gasteiger partial charge in [-0.3, -0.25) is 0 Å². The standard InChI is InChI=1S/C18H37O/c1-4-7-10-11-12-13-14-17-18(19,15-8-5-2)16-9-6-3/h4-17H2,1-3H3. The highest BCUT2D eigenvalue weighted by atomic mass is 16.3. The lowest BCUT2D eigenvalue weighted by atomic mass is 9.86. The van der Waals surface area contributed by atoms with Gasteiger partial charge in [0.15, 0.2) is 0 Å². The first-order valence-corrected chi connectivity index (χ1v) is 8.89. The molecule has 1 heteroatoms. The van der Waals surface area contributed by atoms with Crippen LogP contribution in [0, 0.1) is 0 Å². The summed E-state index contributed by atoms with van der Waals surface area (Å²) >= 11 is 0. The molecule has 0 atom stereocenters. The van der Waals surface area contributed by atoms with Gasteiger partial charge in [0.25, 0.3) is 0 Å². The van der Waals surface area contributed by atoms with Crippen molar-refractivity contribution in [2.75, 3.05) is 0 Å². The fourth-order valence-corrected chi connectivity index (χ4v) is 2.78. The zero-order valence-corrected chi connectivity index (χ0v) is 13.8. The van der Waals surface area contributed by atoms with Crippen LogP contribution in [0.1, 0.15) is 111 Å². The Kier molecular flexibility index (Phi) is 12.9. The predicted molar refractivity (Wildman–Crippen MR) is 85.1 cm³/mol. The monoisotopic (exact) mass is 269 g/mol. The van der Waals surface area contributed by atoms with E-state index >= 15 is 0 Å². The minimum Gasteiger partial charge on any atom is -0.229 e. The van der Waals surface area contributed by atoms with Gasteiger partial charge < -0.3 is 0 Å². The molecule has 0 aromatic heterocycles. The molecule has 0 aromatic rings. The minimum absolute atomic E-state index is 0.602. The van der Waals surface area contributed by atoms with Crippen LogP contribution in [0.25, 0.3) is 0 Å². The lowest BCUT2D eigenvalue weighted by Crippen LogP contribution is -2.26. The predicted octanol–water partition coefficient (Wildman–Crippen LogP) is 6.68. The quantitative estimate of drug-likeness (QED) is 0.314. The molecule has 0 bridgehead atoms. The maximum Gasteiger partial charge on any atom is 0.104 e. The Morgan fingerprint density at radius 2 is 0.895 bits per heavy atom. The second kappa shape index (κ2) is 13.0. The summed E-state index contributed by atoms with van der Waals surface area (Å²) in [5, 5.41) is 12.8. The van der Waals surface area contributed by atoms with Crippen LogP contribution < -0.4 is 0 Å². The molecule has 19 heavy (non-hydrogen) atoms. The first-order valence-electron chi connectivity index (χ1n) is 8.89. The molecule has 0 saturated carbocycles. The highest BCUT2D eigenvalue weighted by Crippen LogP contribution is 2.28. The number of rotatable bonds is 14. The van der Waals surface area contributed by atoms with Crippen molar-refractivity contribution in [2.24, 2.45) is 0 Å².